The van der Waals surface area contributed by atoms with Gasteiger partial charge in [-0.15, -0.1) is 0 Å². The standard InChI is InChI=1S/C19H26N4O2S/c1-14(2)11-18(24)22-7-9-23(10-8-22)19-20-17(21-26-19)13-15-5-4-6-16(12-15)25-3/h4-6,12,14H,7-11,13H2,1-3H3. The van der Waals surface area contributed by atoms with E-state index in [-0.39, 0.29) is 5.91 Å². The first-order valence-corrected chi connectivity index (χ1v) is 9.80. The highest BCUT2D eigenvalue weighted by molar-refractivity contribution is 7.09. The molecule has 1 fully saturated rings. The van der Waals surface area contributed by atoms with Gasteiger partial charge in [-0.1, -0.05) is 26.0 Å². The summed E-state index contributed by atoms with van der Waals surface area (Å²) in [7, 11) is 1.67. The van der Waals surface area contributed by atoms with Gasteiger partial charge in [-0.25, -0.2) is 4.98 Å². The van der Waals surface area contributed by atoms with Crippen molar-refractivity contribution in [2.75, 3.05) is 38.2 Å². The third-order valence-electron chi connectivity index (χ3n) is 4.44. The molecule has 0 N–H and O–H groups in total. The Morgan fingerprint density at radius 2 is 2.04 bits per heavy atom. The smallest absolute Gasteiger partial charge is 0.222 e. The van der Waals surface area contributed by atoms with Gasteiger partial charge in [0, 0.05) is 50.6 Å². The Morgan fingerprint density at radius 1 is 1.27 bits per heavy atom. The van der Waals surface area contributed by atoms with Gasteiger partial charge in [-0.3, -0.25) is 4.79 Å². The molecular weight excluding hydrogens is 348 g/mol. The number of hydrogen-bond acceptors (Lipinski definition) is 6. The van der Waals surface area contributed by atoms with Crippen molar-refractivity contribution >= 4 is 22.6 Å². The molecule has 1 aromatic heterocycles. The highest BCUT2D eigenvalue weighted by Crippen LogP contribution is 2.22. The molecule has 3 rings (SSSR count). The molecular formula is C19H26N4O2S. The number of ether oxygens (including phenoxy) is 1. The maximum atomic E-state index is 12.2. The van der Waals surface area contributed by atoms with E-state index in [1.165, 1.54) is 11.5 Å². The monoisotopic (exact) mass is 374 g/mol. The number of carbonyl (C=O) groups is 1. The van der Waals surface area contributed by atoms with Crippen LogP contribution >= 0.6 is 11.5 Å². The van der Waals surface area contributed by atoms with Crippen LogP contribution in [-0.4, -0.2) is 53.5 Å². The lowest BCUT2D eigenvalue weighted by Crippen LogP contribution is -2.49. The first kappa shape index (κ1) is 18.6. The summed E-state index contributed by atoms with van der Waals surface area (Å²) in [5, 5.41) is 0.943. The molecule has 26 heavy (non-hydrogen) atoms. The molecule has 2 heterocycles. The molecule has 1 saturated heterocycles. The van der Waals surface area contributed by atoms with Gasteiger partial charge in [-0.2, -0.15) is 4.37 Å². The summed E-state index contributed by atoms with van der Waals surface area (Å²) in [5.41, 5.74) is 1.14. The highest BCUT2D eigenvalue weighted by atomic mass is 32.1. The zero-order chi connectivity index (χ0) is 18.5. The molecule has 0 saturated carbocycles. The van der Waals surface area contributed by atoms with Crippen molar-refractivity contribution in [3.05, 3.63) is 35.7 Å². The van der Waals surface area contributed by atoms with E-state index in [2.05, 4.69) is 29.2 Å². The normalized spacial score (nSPS) is 14.8. The number of piperazine rings is 1. The number of hydrogen-bond donors (Lipinski definition) is 0. The first-order chi connectivity index (χ1) is 12.5. The second kappa shape index (κ2) is 8.49. The van der Waals surface area contributed by atoms with E-state index in [0.717, 1.165) is 48.4 Å². The summed E-state index contributed by atoms with van der Waals surface area (Å²) in [4.78, 5) is 21.1. The predicted molar refractivity (Wildman–Crippen MR) is 104 cm³/mol. The van der Waals surface area contributed by atoms with Gasteiger partial charge >= 0.3 is 0 Å². The molecule has 0 radical (unpaired) electrons. The maximum Gasteiger partial charge on any atom is 0.222 e. The molecule has 140 valence electrons. The van der Waals surface area contributed by atoms with E-state index in [0.29, 0.717) is 18.8 Å². The fraction of sp³-hybridized carbons (Fsp3) is 0.526. The molecule has 2 aromatic rings. The average Bonchev–Trinajstić information content (AvgIpc) is 3.10. The van der Waals surface area contributed by atoms with Crippen LogP contribution in [0.1, 0.15) is 31.7 Å². The van der Waals surface area contributed by atoms with Crippen LogP contribution < -0.4 is 9.64 Å². The van der Waals surface area contributed by atoms with Crippen LogP contribution in [0.25, 0.3) is 0 Å². The van der Waals surface area contributed by atoms with E-state index < -0.39 is 0 Å². The summed E-state index contributed by atoms with van der Waals surface area (Å²) < 4.78 is 9.77. The summed E-state index contributed by atoms with van der Waals surface area (Å²) in [6.45, 7) is 7.32. The summed E-state index contributed by atoms with van der Waals surface area (Å²) in [6, 6.07) is 7.99. The zero-order valence-corrected chi connectivity index (χ0v) is 16.5. The number of carbonyl (C=O) groups excluding carboxylic acids is 1. The number of anilines is 1. The lowest BCUT2D eigenvalue weighted by molar-refractivity contribution is -0.132. The molecule has 1 aliphatic rings. The fourth-order valence-corrected chi connectivity index (χ4v) is 3.77. The molecule has 1 aromatic carbocycles. The summed E-state index contributed by atoms with van der Waals surface area (Å²) >= 11 is 1.44. The van der Waals surface area contributed by atoms with E-state index in [4.69, 9.17) is 9.72 Å². The van der Waals surface area contributed by atoms with E-state index in [1.807, 2.05) is 23.1 Å². The minimum absolute atomic E-state index is 0.260. The van der Waals surface area contributed by atoms with Gasteiger partial charge in [0.1, 0.15) is 11.6 Å². The Bertz CT molecular complexity index is 739. The largest absolute Gasteiger partial charge is 0.497 e. The molecule has 1 aliphatic heterocycles. The number of amides is 1. The Labute approximate surface area is 159 Å². The number of aromatic nitrogens is 2. The summed E-state index contributed by atoms with van der Waals surface area (Å²) in [5.74, 6) is 2.34. The summed E-state index contributed by atoms with van der Waals surface area (Å²) in [6.07, 6.45) is 1.32. The van der Waals surface area contributed by atoms with Crippen LogP contribution in [-0.2, 0) is 11.2 Å². The first-order valence-electron chi connectivity index (χ1n) is 9.03. The number of methoxy groups -OCH3 is 1. The third-order valence-corrected chi connectivity index (χ3v) is 5.25. The van der Waals surface area contributed by atoms with Crippen molar-refractivity contribution in [3.63, 3.8) is 0 Å². The molecule has 0 spiro atoms. The Kier molecular flexibility index (Phi) is 6.08. The Balaban J connectivity index is 1.56. The van der Waals surface area contributed by atoms with Crippen molar-refractivity contribution in [2.45, 2.75) is 26.7 Å². The molecule has 0 bridgehead atoms. The van der Waals surface area contributed by atoms with Crippen molar-refractivity contribution in [3.8, 4) is 5.75 Å². The molecule has 0 unspecified atom stereocenters. The van der Waals surface area contributed by atoms with Gasteiger partial charge in [0.05, 0.1) is 7.11 Å². The number of rotatable bonds is 6. The van der Waals surface area contributed by atoms with E-state index >= 15 is 0 Å². The van der Waals surface area contributed by atoms with Gasteiger partial charge < -0.3 is 14.5 Å². The van der Waals surface area contributed by atoms with Crippen molar-refractivity contribution in [1.82, 2.24) is 14.3 Å². The van der Waals surface area contributed by atoms with Crippen molar-refractivity contribution in [1.29, 1.82) is 0 Å². The second-order valence-electron chi connectivity index (χ2n) is 6.99. The SMILES string of the molecule is COc1cccc(Cc2nsc(N3CCN(C(=O)CC(C)C)CC3)n2)c1. The average molecular weight is 375 g/mol. The lowest BCUT2D eigenvalue weighted by atomic mass is 10.1. The van der Waals surface area contributed by atoms with Crippen LogP contribution in [0.2, 0.25) is 0 Å². The fourth-order valence-electron chi connectivity index (χ4n) is 3.04. The van der Waals surface area contributed by atoms with Crippen LogP contribution in [0, 0.1) is 5.92 Å². The highest BCUT2D eigenvalue weighted by Gasteiger charge is 2.23. The Morgan fingerprint density at radius 3 is 2.73 bits per heavy atom. The molecule has 7 heteroatoms. The second-order valence-corrected chi connectivity index (χ2v) is 7.72. The molecule has 1 amide bonds. The lowest BCUT2D eigenvalue weighted by Gasteiger charge is -2.34. The van der Waals surface area contributed by atoms with Crippen molar-refractivity contribution < 1.29 is 9.53 Å². The predicted octanol–water partition coefficient (Wildman–Crippen LogP) is 2.83. The molecule has 6 nitrogen and oxygen atoms in total. The number of nitrogens with zero attached hydrogens (tertiary/aromatic N) is 4. The van der Waals surface area contributed by atoms with E-state index in [9.17, 15) is 4.79 Å². The van der Waals surface area contributed by atoms with Crippen LogP contribution in [0.3, 0.4) is 0 Å². The van der Waals surface area contributed by atoms with Crippen LogP contribution in [0.5, 0.6) is 5.75 Å². The quantitative estimate of drug-likeness (QED) is 0.778. The van der Waals surface area contributed by atoms with Crippen LogP contribution in [0.15, 0.2) is 24.3 Å². The zero-order valence-electron chi connectivity index (χ0n) is 15.6. The third kappa shape index (κ3) is 4.72. The van der Waals surface area contributed by atoms with Crippen molar-refractivity contribution in [2.24, 2.45) is 5.92 Å². The number of benzene rings is 1. The van der Waals surface area contributed by atoms with Gasteiger partial charge in [0.25, 0.3) is 0 Å². The molecule has 0 aliphatic carbocycles. The van der Waals surface area contributed by atoms with Gasteiger partial charge in [0.2, 0.25) is 11.0 Å². The maximum absolute atomic E-state index is 12.2. The van der Waals surface area contributed by atoms with Gasteiger partial charge in [-0.05, 0) is 23.6 Å². The minimum atomic E-state index is 0.260. The van der Waals surface area contributed by atoms with Crippen LogP contribution in [0.4, 0.5) is 5.13 Å². The molecule has 0 atom stereocenters. The van der Waals surface area contributed by atoms with Gasteiger partial charge in [0.15, 0.2) is 0 Å². The Hall–Kier alpha value is -2.15. The van der Waals surface area contributed by atoms with E-state index in [1.54, 1.807) is 7.11 Å². The topological polar surface area (TPSA) is 58.6 Å². The minimum Gasteiger partial charge on any atom is -0.497 e.